The van der Waals surface area contributed by atoms with E-state index in [1.807, 2.05) is 4.90 Å². The molecule has 7 nitrogen and oxygen atoms in total. The number of anilines is 1. The van der Waals surface area contributed by atoms with Crippen LogP contribution in [0.3, 0.4) is 0 Å². The Morgan fingerprint density at radius 1 is 1.33 bits per heavy atom. The second-order valence-electron chi connectivity index (χ2n) is 5.50. The highest BCUT2D eigenvalue weighted by molar-refractivity contribution is 5.79. The predicted octanol–water partition coefficient (Wildman–Crippen LogP) is -0.755. The molecule has 2 aliphatic heterocycles. The van der Waals surface area contributed by atoms with E-state index in [9.17, 15) is 4.39 Å². The first-order valence-corrected chi connectivity index (χ1v) is 6.96. The van der Waals surface area contributed by atoms with Crippen molar-refractivity contribution in [1.29, 1.82) is 0 Å². The number of hydrazine groups is 1. The van der Waals surface area contributed by atoms with Crippen LogP contribution < -0.4 is 33.0 Å². The monoisotopic (exact) mass is 293 g/mol. The summed E-state index contributed by atoms with van der Waals surface area (Å²) in [6, 6.07) is 5.08. The molecule has 1 fully saturated rings. The van der Waals surface area contributed by atoms with E-state index in [2.05, 4.69) is 15.8 Å². The molecule has 8 heteroatoms. The molecule has 2 heterocycles. The Hall–Kier alpha value is -1.90. The summed E-state index contributed by atoms with van der Waals surface area (Å²) in [6.45, 7) is 1.52. The van der Waals surface area contributed by atoms with E-state index in [1.54, 1.807) is 12.1 Å². The molecule has 0 aliphatic carbocycles. The molecule has 0 spiro atoms. The molecule has 1 saturated heterocycles. The van der Waals surface area contributed by atoms with E-state index >= 15 is 0 Å². The quantitative estimate of drug-likeness (QED) is 0.489. The van der Waals surface area contributed by atoms with Crippen molar-refractivity contribution in [2.24, 2.45) is 22.2 Å². The zero-order valence-corrected chi connectivity index (χ0v) is 11.6. The molecule has 0 radical (unpaired) electrons. The first-order valence-electron chi connectivity index (χ1n) is 6.96. The maximum Gasteiger partial charge on any atom is 0.209 e. The van der Waals surface area contributed by atoms with E-state index in [-0.39, 0.29) is 17.8 Å². The Balaban J connectivity index is 1.83. The largest absolute Gasteiger partial charge is 0.369 e. The second kappa shape index (κ2) is 5.14. The van der Waals surface area contributed by atoms with Gasteiger partial charge in [-0.05, 0) is 25.0 Å². The highest BCUT2D eigenvalue weighted by atomic mass is 19.1. The van der Waals surface area contributed by atoms with Gasteiger partial charge in [0, 0.05) is 24.7 Å². The van der Waals surface area contributed by atoms with Gasteiger partial charge in [-0.3, -0.25) is 11.2 Å². The Morgan fingerprint density at radius 2 is 2.05 bits per heavy atom. The number of hydrogen-bond acceptors (Lipinski definition) is 7. The first kappa shape index (κ1) is 14.1. The minimum atomic E-state index is -1.24. The van der Waals surface area contributed by atoms with Crippen LogP contribution in [-0.4, -0.2) is 25.1 Å². The summed E-state index contributed by atoms with van der Waals surface area (Å²) < 4.78 is 14.4. The summed E-state index contributed by atoms with van der Waals surface area (Å²) in [5.74, 6) is -1.39. The number of nitrogens with one attached hydrogen (secondary N) is 2. The summed E-state index contributed by atoms with van der Waals surface area (Å²) in [6.07, 6.45) is 1.74. The molecule has 0 aromatic heterocycles. The number of nitrogens with zero attached hydrogens (tertiary/aromatic N) is 2. The molecule has 2 aliphatic rings. The van der Waals surface area contributed by atoms with Gasteiger partial charge in [0.2, 0.25) is 11.7 Å². The smallest absolute Gasteiger partial charge is 0.209 e. The number of nitrogens with two attached hydrogens (primary N) is 3. The van der Waals surface area contributed by atoms with E-state index in [0.29, 0.717) is 11.3 Å². The van der Waals surface area contributed by atoms with Crippen LogP contribution >= 0.6 is 0 Å². The summed E-state index contributed by atoms with van der Waals surface area (Å²) in [4.78, 5) is 6.04. The fourth-order valence-corrected chi connectivity index (χ4v) is 2.68. The molecular weight excluding hydrogens is 273 g/mol. The molecular formula is C13H20FN7. The minimum absolute atomic E-state index is 0.173. The molecule has 1 aromatic rings. The number of aliphatic imine (C=N–C) groups is 1. The summed E-state index contributed by atoms with van der Waals surface area (Å²) >= 11 is 0. The van der Waals surface area contributed by atoms with Crippen LogP contribution in [0.15, 0.2) is 23.2 Å². The second-order valence-corrected chi connectivity index (χ2v) is 5.50. The average molecular weight is 293 g/mol. The Kier molecular flexibility index (Phi) is 3.44. The number of rotatable bonds is 2. The molecule has 1 unspecified atom stereocenters. The van der Waals surface area contributed by atoms with Crippen LogP contribution in [0, 0.1) is 5.82 Å². The van der Waals surface area contributed by atoms with E-state index < -0.39 is 5.79 Å². The summed E-state index contributed by atoms with van der Waals surface area (Å²) in [7, 11) is 0. The van der Waals surface area contributed by atoms with Crippen LogP contribution in [0.25, 0.3) is 0 Å². The summed E-state index contributed by atoms with van der Waals surface area (Å²) in [5.41, 5.74) is 23.9. The van der Waals surface area contributed by atoms with Gasteiger partial charge in [0.1, 0.15) is 5.82 Å². The van der Waals surface area contributed by atoms with Gasteiger partial charge in [-0.15, -0.1) is 0 Å². The number of guanidine groups is 1. The molecule has 21 heavy (non-hydrogen) atoms. The minimum Gasteiger partial charge on any atom is -0.369 e. The van der Waals surface area contributed by atoms with Gasteiger partial charge in [-0.2, -0.15) is 5.43 Å². The van der Waals surface area contributed by atoms with Crippen LogP contribution in [0.4, 0.5) is 10.1 Å². The SMILES string of the molecule is NC1=NC(N)(c2ccc(N3CCC(N)CC3)c(F)c2)NN1. The molecule has 0 amide bonds. The molecule has 0 bridgehead atoms. The van der Waals surface area contributed by atoms with Gasteiger partial charge in [0.05, 0.1) is 5.69 Å². The van der Waals surface area contributed by atoms with Gasteiger partial charge in [0.25, 0.3) is 0 Å². The molecule has 8 N–H and O–H groups in total. The van der Waals surface area contributed by atoms with E-state index in [4.69, 9.17) is 17.2 Å². The van der Waals surface area contributed by atoms with Crippen molar-refractivity contribution < 1.29 is 4.39 Å². The lowest BCUT2D eigenvalue weighted by molar-refractivity contribution is 0.373. The van der Waals surface area contributed by atoms with Gasteiger partial charge >= 0.3 is 0 Å². The lowest BCUT2D eigenvalue weighted by Crippen LogP contribution is -2.50. The van der Waals surface area contributed by atoms with Crippen LogP contribution in [0.5, 0.6) is 0 Å². The number of piperidine rings is 1. The van der Waals surface area contributed by atoms with Crippen molar-refractivity contribution in [3.05, 3.63) is 29.6 Å². The molecule has 1 atom stereocenters. The van der Waals surface area contributed by atoms with Gasteiger partial charge < -0.3 is 16.4 Å². The lowest BCUT2D eigenvalue weighted by atomic mass is 10.0. The molecule has 114 valence electrons. The van der Waals surface area contributed by atoms with E-state index in [0.717, 1.165) is 25.9 Å². The number of benzene rings is 1. The first-order chi connectivity index (χ1) is 9.98. The van der Waals surface area contributed by atoms with E-state index in [1.165, 1.54) is 6.07 Å². The third kappa shape index (κ3) is 2.65. The highest BCUT2D eigenvalue weighted by Gasteiger charge is 2.32. The third-order valence-electron chi connectivity index (χ3n) is 3.95. The van der Waals surface area contributed by atoms with Crippen LogP contribution in [0.1, 0.15) is 18.4 Å². The van der Waals surface area contributed by atoms with Crippen molar-refractivity contribution in [2.45, 2.75) is 24.7 Å². The molecule has 1 aromatic carbocycles. The van der Waals surface area contributed by atoms with Gasteiger partial charge in [-0.1, -0.05) is 6.07 Å². The van der Waals surface area contributed by atoms with Crippen molar-refractivity contribution in [3.8, 4) is 0 Å². The number of hydrogen-bond donors (Lipinski definition) is 5. The standard InChI is InChI=1S/C13H20FN7/c14-10-7-8(13(17)18-12(16)19-20-13)1-2-11(10)21-5-3-9(15)4-6-21/h1-2,7,9,20H,3-6,15,17H2,(H3,16,18,19). The normalized spacial score (nSPS) is 26.6. The maximum absolute atomic E-state index is 14.4. The number of halogens is 1. The zero-order chi connectivity index (χ0) is 15.0. The summed E-state index contributed by atoms with van der Waals surface area (Å²) in [5, 5.41) is 0. The zero-order valence-electron chi connectivity index (χ0n) is 11.6. The fraction of sp³-hybridized carbons (Fsp3) is 0.462. The highest BCUT2D eigenvalue weighted by Crippen LogP contribution is 2.27. The predicted molar refractivity (Wildman–Crippen MR) is 79.6 cm³/mol. The van der Waals surface area contributed by atoms with Crippen molar-refractivity contribution in [3.63, 3.8) is 0 Å². The van der Waals surface area contributed by atoms with Gasteiger partial charge in [-0.25, -0.2) is 9.38 Å². The average Bonchev–Trinajstić information content (AvgIpc) is 2.81. The van der Waals surface area contributed by atoms with Crippen molar-refractivity contribution in [2.75, 3.05) is 18.0 Å². The topological polar surface area (TPSA) is 118 Å². The van der Waals surface area contributed by atoms with Crippen molar-refractivity contribution in [1.82, 2.24) is 10.9 Å². The fourth-order valence-electron chi connectivity index (χ4n) is 2.68. The Labute approximate surface area is 122 Å². The molecule has 3 rings (SSSR count). The van der Waals surface area contributed by atoms with Gasteiger partial charge in [0.15, 0.2) is 0 Å². The maximum atomic E-state index is 14.4. The Bertz CT molecular complexity index is 568. The Morgan fingerprint density at radius 3 is 2.62 bits per heavy atom. The lowest BCUT2D eigenvalue weighted by Gasteiger charge is -2.32. The molecule has 0 saturated carbocycles. The van der Waals surface area contributed by atoms with Crippen molar-refractivity contribution >= 4 is 11.6 Å². The third-order valence-corrected chi connectivity index (χ3v) is 3.95. The van der Waals surface area contributed by atoms with Crippen LogP contribution in [-0.2, 0) is 5.79 Å². The van der Waals surface area contributed by atoms with Crippen LogP contribution in [0.2, 0.25) is 0 Å².